The first-order valence-corrected chi connectivity index (χ1v) is 9.53. The number of thiazole rings is 1. The van der Waals surface area contributed by atoms with Crippen molar-refractivity contribution in [3.63, 3.8) is 0 Å². The van der Waals surface area contributed by atoms with Crippen molar-refractivity contribution in [3.05, 3.63) is 59.6 Å². The van der Waals surface area contributed by atoms with Gasteiger partial charge in [-0.05, 0) is 37.1 Å². The Balaban J connectivity index is 1.32. The molecule has 0 bridgehead atoms. The van der Waals surface area contributed by atoms with E-state index in [1.54, 1.807) is 11.3 Å². The van der Waals surface area contributed by atoms with E-state index in [0.29, 0.717) is 12.5 Å². The van der Waals surface area contributed by atoms with Gasteiger partial charge in [0, 0.05) is 24.7 Å². The van der Waals surface area contributed by atoms with Crippen LogP contribution in [0.5, 0.6) is 0 Å². The number of benzene rings is 2. The number of para-hydroxylation sites is 2. The summed E-state index contributed by atoms with van der Waals surface area (Å²) in [4.78, 5) is 19.2. The van der Waals surface area contributed by atoms with E-state index in [0.717, 1.165) is 37.1 Å². The van der Waals surface area contributed by atoms with Gasteiger partial charge in [0.05, 0.1) is 21.8 Å². The third-order valence-corrected chi connectivity index (χ3v) is 5.92. The number of rotatable bonds is 4. The third kappa shape index (κ3) is 3.66. The number of carbonyl (C=O) groups is 1. The van der Waals surface area contributed by atoms with E-state index in [4.69, 9.17) is 4.98 Å². The van der Waals surface area contributed by atoms with Crippen molar-refractivity contribution < 1.29 is 4.79 Å². The molecule has 2 heterocycles. The molecule has 0 atom stereocenters. The summed E-state index contributed by atoms with van der Waals surface area (Å²) in [5.41, 5.74) is 2.08. The number of piperidine rings is 1. The van der Waals surface area contributed by atoms with Crippen LogP contribution in [0, 0.1) is 0 Å². The highest BCUT2D eigenvalue weighted by molar-refractivity contribution is 7.18. The Bertz CT molecular complexity index is 821. The molecule has 1 aromatic heterocycles. The van der Waals surface area contributed by atoms with Gasteiger partial charge in [0.1, 0.15) is 0 Å². The minimum absolute atomic E-state index is 0.173. The van der Waals surface area contributed by atoms with Crippen LogP contribution in [0.25, 0.3) is 10.2 Å². The zero-order valence-electron chi connectivity index (χ0n) is 14.0. The van der Waals surface area contributed by atoms with Crippen LogP contribution in [0.4, 0.5) is 5.69 Å². The summed E-state index contributed by atoms with van der Waals surface area (Å²) in [7, 11) is 0. The summed E-state index contributed by atoms with van der Waals surface area (Å²) >= 11 is 1.79. The summed E-state index contributed by atoms with van der Waals surface area (Å²) in [6.45, 7) is 1.99. The van der Waals surface area contributed by atoms with E-state index in [1.165, 1.54) is 9.71 Å². The van der Waals surface area contributed by atoms with Crippen LogP contribution >= 0.6 is 11.3 Å². The van der Waals surface area contributed by atoms with Crippen LogP contribution in [0.3, 0.4) is 0 Å². The molecule has 1 N–H and O–H groups in total. The molecule has 25 heavy (non-hydrogen) atoms. The van der Waals surface area contributed by atoms with Gasteiger partial charge in [-0.25, -0.2) is 4.98 Å². The highest BCUT2D eigenvalue weighted by Gasteiger charge is 2.25. The Morgan fingerprint density at radius 3 is 2.56 bits per heavy atom. The first-order valence-electron chi connectivity index (χ1n) is 8.72. The Hall–Kier alpha value is -2.40. The van der Waals surface area contributed by atoms with Crippen molar-refractivity contribution in [1.29, 1.82) is 0 Å². The average Bonchev–Trinajstić information content (AvgIpc) is 3.11. The normalized spacial score (nSPS) is 15.4. The molecule has 4 rings (SSSR count). The SMILES string of the molecule is O=C(CNc1ccccc1)N1CCC(c2nc3ccccc3s2)CC1. The summed E-state index contributed by atoms with van der Waals surface area (Å²) < 4.78 is 1.25. The fourth-order valence-corrected chi connectivity index (χ4v) is 4.42. The lowest BCUT2D eigenvalue weighted by molar-refractivity contribution is -0.130. The number of anilines is 1. The number of hydrogen-bond acceptors (Lipinski definition) is 4. The number of hydrogen-bond donors (Lipinski definition) is 1. The maximum Gasteiger partial charge on any atom is 0.241 e. The highest BCUT2D eigenvalue weighted by atomic mass is 32.1. The summed E-state index contributed by atoms with van der Waals surface area (Å²) in [5.74, 6) is 0.648. The molecule has 128 valence electrons. The van der Waals surface area contributed by atoms with Crippen LogP contribution in [0.15, 0.2) is 54.6 Å². The zero-order chi connectivity index (χ0) is 17.1. The monoisotopic (exact) mass is 351 g/mol. The first kappa shape index (κ1) is 16.1. The Morgan fingerprint density at radius 1 is 1.08 bits per heavy atom. The molecule has 5 heteroatoms. The van der Waals surface area contributed by atoms with Crippen molar-refractivity contribution in [2.75, 3.05) is 25.0 Å². The van der Waals surface area contributed by atoms with E-state index >= 15 is 0 Å². The van der Waals surface area contributed by atoms with Crippen LogP contribution in [-0.2, 0) is 4.79 Å². The largest absolute Gasteiger partial charge is 0.376 e. The molecule has 1 aliphatic heterocycles. The fraction of sp³-hybridized carbons (Fsp3) is 0.300. The molecule has 0 saturated carbocycles. The van der Waals surface area contributed by atoms with E-state index < -0.39 is 0 Å². The second kappa shape index (κ2) is 7.23. The fourth-order valence-electron chi connectivity index (χ4n) is 3.29. The van der Waals surface area contributed by atoms with Gasteiger partial charge in [0.2, 0.25) is 5.91 Å². The smallest absolute Gasteiger partial charge is 0.241 e. The molecule has 0 radical (unpaired) electrons. The number of nitrogens with zero attached hydrogens (tertiary/aromatic N) is 2. The number of likely N-dealkylation sites (tertiary alicyclic amines) is 1. The molecule has 4 nitrogen and oxygen atoms in total. The highest BCUT2D eigenvalue weighted by Crippen LogP contribution is 2.33. The van der Waals surface area contributed by atoms with Crippen LogP contribution in [-0.4, -0.2) is 35.4 Å². The van der Waals surface area contributed by atoms with E-state index in [2.05, 4.69) is 23.5 Å². The van der Waals surface area contributed by atoms with Gasteiger partial charge in [-0.1, -0.05) is 30.3 Å². The maximum atomic E-state index is 12.4. The van der Waals surface area contributed by atoms with Crippen molar-refractivity contribution in [2.24, 2.45) is 0 Å². The van der Waals surface area contributed by atoms with Crippen molar-refractivity contribution in [3.8, 4) is 0 Å². The van der Waals surface area contributed by atoms with Crippen molar-refractivity contribution >= 4 is 33.1 Å². The summed E-state index contributed by atoms with van der Waals surface area (Å²) in [5, 5.41) is 4.42. The third-order valence-electron chi connectivity index (χ3n) is 4.72. The van der Waals surface area contributed by atoms with Gasteiger partial charge in [0.25, 0.3) is 0 Å². The molecule has 1 aliphatic rings. The van der Waals surface area contributed by atoms with Crippen molar-refractivity contribution in [2.45, 2.75) is 18.8 Å². The molecule has 1 fully saturated rings. The second-order valence-corrected chi connectivity index (χ2v) is 7.46. The number of nitrogens with one attached hydrogen (secondary N) is 1. The Kier molecular flexibility index (Phi) is 4.65. The van der Waals surface area contributed by atoms with Gasteiger partial charge in [0.15, 0.2) is 0 Å². The minimum Gasteiger partial charge on any atom is -0.376 e. The van der Waals surface area contributed by atoms with Gasteiger partial charge < -0.3 is 10.2 Å². The quantitative estimate of drug-likeness (QED) is 0.769. The van der Waals surface area contributed by atoms with E-state index in [-0.39, 0.29) is 5.91 Å². The number of carbonyl (C=O) groups excluding carboxylic acids is 1. The summed E-state index contributed by atoms with van der Waals surface area (Å²) in [6.07, 6.45) is 1.99. The topological polar surface area (TPSA) is 45.2 Å². The maximum absolute atomic E-state index is 12.4. The second-order valence-electron chi connectivity index (χ2n) is 6.39. The summed E-state index contributed by atoms with van der Waals surface area (Å²) in [6, 6.07) is 18.2. The molecule has 1 saturated heterocycles. The predicted molar refractivity (Wildman–Crippen MR) is 103 cm³/mol. The van der Waals surface area contributed by atoms with Gasteiger partial charge >= 0.3 is 0 Å². The molecule has 0 spiro atoms. The number of aromatic nitrogens is 1. The predicted octanol–water partition coefficient (Wildman–Crippen LogP) is 4.11. The first-order chi connectivity index (χ1) is 12.3. The Morgan fingerprint density at radius 2 is 1.80 bits per heavy atom. The zero-order valence-corrected chi connectivity index (χ0v) is 14.8. The molecule has 0 unspecified atom stereocenters. The number of amides is 1. The molecule has 2 aromatic carbocycles. The van der Waals surface area contributed by atoms with Gasteiger partial charge in [-0.3, -0.25) is 4.79 Å². The van der Waals surface area contributed by atoms with Crippen LogP contribution in [0.2, 0.25) is 0 Å². The van der Waals surface area contributed by atoms with Gasteiger partial charge in [-0.15, -0.1) is 11.3 Å². The molecular formula is C20H21N3OS. The van der Waals surface area contributed by atoms with Crippen LogP contribution in [0.1, 0.15) is 23.8 Å². The molecule has 3 aromatic rings. The lowest BCUT2D eigenvalue weighted by Crippen LogP contribution is -2.40. The molecule has 1 amide bonds. The minimum atomic E-state index is 0.173. The molecular weight excluding hydrogens is 330 g/mol. The average molecular weight is 351 g/mol. The standard InChI is InChI=1S/C20H21N3OS/c24-19(14-21-16-6-2-1-3-7-16)23-12-10-15(11-13-23)20-22-17-8-4-5-9-18(17)25-20/h1-9,15,21H,10-14H2. The van der Waals surface area contributed by atoms with Crippen molar-refractivity contribution in [1.82, 2.24) is 9.88 Å². The number of fused-ring (bicyclic) bond motifs is 1. The lowest BCUT2D eigenvalue weighted by atomic mass is 9.97. The molecule has 0 aliphatic carbocycles. The van der Waals surface area contributed by atoms with E-state index in [1.807, 2.05) is 41.3 Å². The van der Waals surface area contributed by atoms with Gasteiger partial charge in [-0.2, -0.15) is 0 Å². The van der Waals surface area contributed by atoms with Crippen LogP contribution < -0.4 is 5.32 Å². The lowest BCUT2D eigenvalue weighted by Gasteiger charge is -2.31. The van der Waals surface area contributed by atoms with E-state index in [9.17, 15) is 4.79 Å². The Labute approximate surface area is 151 Å².